The molecule has 1 heterocycles. The molecule has 0 aliphatic heterocycles. The highest BCUT2D eigenvalue weighted by Crippen LogP contribution is 2.25. The van der Waals surface area contributed by atoms with E-state index in [-0.39, 0.29) is 0 Å². The predicted octanol–water partition coefficient (Wildman–Crippen LogP) is 3.89. The Morgan fingerprint density at radius 1 is 1.00 bits per heavy atom. The molecule has 0 saturated heterocycles. The minimum atomic E-state index is 0.669. The topological polar surface area (TPSA) is 12.9 Å². The maximum absolute atomic E-state index is 5.74. The zero-order chi connectivity index (χ0) is 9.80. The molecule has 14 heavy (non-hydrogen) atoms. The molecule has 0 aliphatic carbocycles. The fourth-order valence-electron chi connectivity index (χ4n) is 1.03. The second-order valence-electron chi connectivity index (χ2n) is 2.73. The molecule has 0 radical (unpaired) electrons. The maximum atomic E-state index is 5.74. The Morgan fingerprint density at radius 3 is 2.43 bits per heavy atom. The van der Waals surface area contributed by atoms with Gasteiger partial charge in [0.05, 0.1) is 5.02 Å². The van der Waals surface area contributed by atoms with Crippen LogP contribution in [-0.4, -0.2) is 4.98 Å². The van der Waals surface area contributed by atoms with Gasteiger partial charge in [-0.3, -0.25) is 0 Å². The molecule has 0 amide bonds. The molecular weight excluding hydrogens is 214 g/mol. The first-order valence-corrected chi connectivity index (χ1v) is 5.38. The van der Waals surface area contributed by atoms with Crippen LogP contribution in [0.15, 0.2) is 58.6 Å². The van der Waals surface area contributed by atoms with Crippen LogP contribution in [0, 0.1) is 0 Å². The van der Waals surface area contributed by atoms with Crippen LogP contribution in [0.3, 0.4) is 0 Å². The first kappa shape index (κ1) is 9.56. The minimum Gasteiger partial charge on any atom is -0.248 e. The number of nitrogens with zero attached hydrogens (tertiary/aromatic N) is 1. The Hall–Kier alpha value is -0.990. The summed E-state index contributed by atoms with van der Waals surface area (Å²) in [5, 5.41) is 1.63. The Bertz CT molecular complexity index is 399. The Labute approximate surface area is 92.1 Å². The highest BCUT2D eigenvalue weighted by molar-refractivity contribution is 7.99. The average molecular weight is 222 g/mol. The average Bonchev–Trinajstić information content (AvgIpc) is 2.23. The van der Waals surface area contributed by atoms with Gasteiger partial charge in [0.1, 0.15) is 5.03 Å². The van der Waals surface area contributed by atoms with Gasteiger partial charge in [-0.05, 0) is 24.3 Å². The largest absolute Gasteiger partial charge is 0.248 e. The summed E-state index contributed by atoms with van der Waals surface area (Å²) in [7, 11) is 0. The second-order valence-corrected chi connectivity index (χ2v) is 4.26. The predicted molar refractivity (Wildman–Crippen MR) is 59.8 cm³/mol. The Kier molecular flexibility index (Phi) is 3.07. The lowest BCUT2D eigenvalue weighted by molar-refractivity contribution is 1.13. The molecule has 3 heteroatoms. The highest BCUT2D eigenvalue weighted by atomic mass is 35.5. The summed E-state index contributed by atoms with van der Waals surface area (Å²) in [4.78, 5) is 5.39. The number of benzene rings is 1. The van der Waals surface area contributed by atoms with Gasteiger partial charge in [0.2, 0.25) is 0 Å². The molecule has 0 fully saturated rings. The Balaban J connectivity index is 2.16. The summed E-state index contributed by atoms with van der Waals surface area (Å²) in [6.07, 6.45) is 1.66. The standard InChI is InChI=1S/C11H8ClNS/c12-9-6-7-11(13-8-9)14-10-4-2-1-3-5-10/h1-8H. The molecule has 0 bridgehead atoms. The van der Waals surface area contributed by atoms with Gasteiger partial charge in [-0.2, -0.15) is 0 Å². The quantitative estimate of drug-likeness (QED) is 0.763. The van der Waals surface area contributed by atoms with Crippen molar-refractivity contribution in [2.45, 2.75) is 9.92 Å². The van der Waals surface area contributed by atoms with Crippen molar-refractivity contribution in [3.8, 4) is 0 Å². The summed E-state index contributed by atoms with van der Waals surface area (Å²) in [6, 6.07) is 13.9. The molecule has 0 saturated carbocycles. The van der Waals surface area contributed by atoms with Crippen LogP contribution in [0.2, 0.25) is 5.02 Å². The van der Waals surface area contributed by atoms with Gasteiger partial charge in [0.25, 0.3) is 0 Å². The van der Waals surface area contributed by atoms with Gasteiger partial charge in [0.15, 0.2) is 0 Å². The molecule has 2 aromatic rings. The second kappa shape index (κ2) is 4.49. The van der Waals surface area contributed by atoms with E-state index < -0.39 is 0 Å². The zero-order valence-electron chi connectivity index (χ0n) is 7.35. The normalized spacial score (nSPS) is 10.1. The van der Waals surface area contributed by atoms with Crippen LogP contribution in [-0.2, 0) is 0 Å². The molecule has 0 unspecified atom stereocenters. The summed E-state index contributed by atoms with van der Waals surface area (Å²) in [6.45, 7) is 0. The van der Waals surface area contributed by atoms with E-state index in [9.17, 15) is 0 Å². The molecule has 2 rings (SSSR count). The summed E-state index contributed by atoms with van der Waals surface area (Å²) < 4.78 is 0. The number of hydrogen-bond acceptors (Lipinski definition) is 2. The van der Waals surface area contributed by atoms with Crippen LogP contribution >= 0.6 is 23.4 Å². The molecule has 1 nitrogen and oxygen atoms in total. The number of halogens is 1. The maximum Gasteiger partial charge on any atom is 0.101 e. The van der Waals surface area contributed by atoms with Crippen LogP contribution in [0.4, 0.5) is 0 Å². The zero-order valence-corrected chi connectivity index (χ0v) is 8.92. The van der Waals surface area contributed by atoms with E-state index in [1.807, 2.05) is 30.3 Å². The van der Waals surface area contributed by atoms with Crippen molar-refractivity contribution in [1.29, 1.82) is 0 Å². The molecule has 0 aliphatic rings. The van der Waals surface area contributed by atoms with E-state index in [0.29, 0.717) is 5.02 Å². The van der Waals surface area contributed by atoms with Crippen LogP contribution in [0.1, 0.15) is 0 Å². The molecule has 1 aromatic heterocycles. The highest BCUT2D eigenvalue weighted by Gasteiger charge is 1.97. The van der Waals surface area contributed by atoms with Gasteiger partial charge < -0.3 is 0 Å². The summed E-state index contributed by atoms with van der Waals surface area (Å²) >= 11 is 7.37. The number of aromatic nitrogens is 1. The lowest BCUT2D eigenvalue weighted by Crippen LogP contribution is -1.78. The fourth-order valence-corrected chi connectivity index (χ4v) is 1.92. The van der Waals surface area contributed by atoms with Crippen molar-refractivity contribution in [1.82, 2.24) is 4.98 Å². The fraction of sp³-hybridized carbons (Fsp3) is 0. The molecule has 0 N–H and O–H groups in total. The van der Waals surface area contributed by atoms with Crippen LogP contribution < -0.4 is 0 Å². The smallest absolute Gasteiger partial charge is 0.101 e. The number of hydrogen-bond donors (Lipinski definition) is 0. The van der Waals surface area contributed by atoms with Gasteiger partial charge >= 0.3 is 0 Å². The van der Waals surface area contributed by atoms with Gasteiger partial charge in [-0.15, -0.1) is 0 Å². The minimum absolute atomic E-state index is 0.669. The summed E-state index contributed by atoms with van der Waals surface area (Å²) in [5.41, 5.74) is 0. The number of rotatable bonds is 2. The Morgan fingerprint density at radius 2 is 1.79 bits per heavy atom. The number of pyridine rings is 1. The third kappa shape index (κ3) is 2.50. The van der Waals surface area contributed by atoms with Crippen molar-refractivity contribution in [3.05, 3.63) is 53.7 Å². The third-order valence-corrected chi connectivity index (χ3v) is 2.85. The van der Waals surface area contributed by atoms with Crippen molar-refractivity contribution in [2.75, 3.05) is 0 Å². The molecule has 0 atom stereocenters. The summed E-state index contributed by atoms with van der Waals surface area (Å²) in [5.74, 6) is 0. The molecule has 0 spiro atoms. The molecular formula is C11H8ClNS. The van der Waals surface area contributed by atoms with E-state index in [2.05, 4.69) is 17.1 Å². The van der Waals surface area contributed by atoms with Crippen molar-refractivity contribution < 1.29 is 0 Å². The molecule has 1 aromatic carbocycles. The van der Waals surface area contributed by atoms with E-state index in [4.69, 9.17) is 11.6 Å². The first-order valence-electron chi connectivity index (χ1n) is 4.19. The van der Waals surface area contributed by atoms with Crippen molar-refractivity contribution >= 4 is 23.4 Å². The van der Waals surface area contributed by atoms with Gasteiger partial charge in [-0.25, -0.2) is 4.98 Å². The van der Waals surface area contributed by atoms with E-state index >= 15 is 0 Å². The van der Waals surface area contributed by atoms with E-state index in [1.165, 1.54) is 4.90 Å². The van der Waals surface area contributed by atoms with E-state index in [1.54, 1.807) is 18.0 Å². The van der Waals surface area contributed by atoms with Crippen LogP contribution in [0.5, 0.6) is 0 Å². The van der Waals surface area contributed by atoms with Crippen molar-refractivity contribution in [3.63, 3.8) is 0 Å². The van der Waals surface area contributed by atoms with Crippen LogP contribution in [0.25, 0.3) is 0 Å². The molecule has 70 valence electrons. The first-order chi connectivity index (χ1) is 6.84. The third-order valence-electron chi connectivity index (χ3n) is 1.67. The monoisotopic (exact) mass is 221 g/mol. The lowest BCUT2D eigenvalue weighted by atomic mass is 10.4. The van der Waals surface area contributed by atoms with Gasteiger partial charge in [0, 0.05) is 11.1 Å². The SMILES string of the molecule is Clc1ccc(Sc2ccccc2)nc1. The van der Waals surface area contributed by atoms with Crippen molar-refractivity contribution in [2.24, 2.45) is 0 Å². The van der Waals surface area contributed by atoms with Gasteiger partial charge in [-0.1, -0.05) is 41.6 Å². The van der Waals surface area contributed by atoms with E-state index in [0.717, 1.165) is 5.03 Å². The lowest BCUT2D eigenvalue weighted by Gasteiger charge is -1.99.